The first-order chi connectivity index (χ1) is 11.7. The van der Waals surface area contributed by atoms with Gasteiger partial charge in [0.25, 0.3) is 0 Å². The Morgan fingerprint density at radius 1 is 1.15 bits per heavy atom. The maximum atomic E-state index is 12.0. The second-order valence-electron chi connectivity index (χ2n) is 6.14. The minimum Gasteiger partial charge on any atom is -0.480 e. The maximum Gasteiger partial charge on any atom is 0.322 e. The van der Waals surface area contributed by atoms with Gasteiger partial charge in [-0.3, -0.25) is 14.4 Å². The number of carboxylic acids is 1. The Morgan fingerprint density at radius 2 is 1.73 bits per heavy atom. The van der Waals surface area contributed by atoms with E-state index in [1.807, 2.05) is 13.8 Å². The molecule has 0 unspecified atom stereocenters. The molecule has 0 aliphatic carbocycles. The summed E-state index contributed by atoms with van der Waals surface area (Å²) in [7, 11) is 0. The molecule has 0 fully saturated rings. The summed E-state index contributed by atoms with van der Waals surface area (Å²) in [6, 6.07) is 6.30. The number of hydrogen-bond acceptors (Lipinski definition) is 4. The lowest BCUT2D eigenvalue weighted by molar-refractivity contribution is -0.138. The molecule has 9 heteroatoms. The number of hydrogen-bond donors (Lipinski definition) is 4. The van der Waals surface area contributed by atoms with Crippen LogP contribution in [0.1, 0.15) is 31.7 Å². The van der Waals surface area contributed by atoms with E-state index in [2.05, 4.69) is 10.6 Å². The van der Waals surface area contributed by atoms with Crippen LogP contribution in [0.2, 0.25) is 5.02 Å². The average Bonchev–Trinajstić information content (AvgIpc) is 2.56. The monoisotopic (exact) mass is 405 g/mol. The molecule has 0 radical (unpaired) electrons. The summed E-state index contributed by atoms with van der Waals surface area (Å²) >= 11 is 5.88. The van der Waals surface area contributed by atoms with E-state index in [-0.39, 0.29) is 43.1 Å². The van der Waals surface area contributed by atoms with Gasteiger partial charge in [0.2, 0.25) is 11.8 Å². The topological polar surface area (TPSA) is 122 Å². The van der Waals surface area contributed by atoms with Crippen molar-refractivity contribution in [3.8, 4) is 0 Å². The van der Waals surface area contributed by atoms with Crippen molar-refractivity contribution in [3.63, 3.8) is 0 Å². The number of carbonyl (C=O) groups excluding carboxylic acids is 2. The van der Waals surface area contributed by atoms with Crippen molar-refractivity contribution in [2.45, 2.75) is 32.2 Å². The van der Waals surface area contributed by atoms with E-state index in [4.69, 9.17) is 22.4 Å². The van der Waals surface area contributed by atoms with Crippen LogP contribution in [0.25, 0.3) is 0 Å². The third-order valence-electron chi connectivity index (χ3n) is 3.75. The average molecular weight is 406 g/mol. The lowest BCUT2D eigenvalue weighted by atomic mass is 9.94. The number of carbonyl (C=O) groups is 3. The molecule has 0 heterocycles. The summed E-state index contributed by atoms with van der Waals surface area (Å²) in [5.74, 6) is -2.15. The first-order valence-electron chi connectivity index (χ1n) is 7.98. The summed E-state index contributed by atoms with van der Waals surface area (Å²) < 4.78 is 0. The van der Waals surface area contributed by atoms with E-state index < -0.39 is 24.5 Å². The molecule has 7 nitrogen and oxygen atoms in total. The van der Waals surface area contributed by atoms with Crippen LogP contribution >= 0.6 is 24.0 Å². The highest BCUT2D eigenvalue weighted by Gasteiger charge is 2.21. The van der Waals surface area contributed by atoms with Gasteiger partial charge < -0.3 is 21.5 Å². The van der Waals surface area contributed by atoms with Crippen LogP contribution in [0.3, 0.4) is 0 Å². The summed E-state index contributed by atoms with van der Waals surface area (Å²) in [5.41, 5.74) is 6.63. The molecule has 0 saturated carbocycles. The molecule has 5 N–H and O–H groups in total. The highest BCUT2D eigenvalue weighted by Crippen LogP contribution is 2.21. The summed E-state index contributed by atoms with van der Waals surface area (Å²) in [5, 5.41) is 14.3. The quantitative estimate of drug-likeness (QED) is 0.496. The fourth-order valence-electron chi connectivity index (χ4n) is 2.16. The van der Waals surface area contributed by atoms with Crippen LogP contribution in [-0.2, 0) is 14.4 Å². The Kier molecular flexibility index (Phi) is 10.9. The van der Waals surface area contributed by atoms with Crippen molar-refractivity contribution in [3.05, 3.63) is 34.9 Å². The van der Waals surface area contributed by atoms with Crippen molar-refractivity contribution in [1.29, 1.82) is 0 Å². The number of nitrogens with one attached hydrogen (secondary N) is 2. The molecule has 146 valence electrons. The standard InChI is InChI=1S/C17H24ClN3O4.ClH/c1-10(2)16(19)17(25)21-8-12(7-14(22)20-9-15(23)24)11-3-5-13(18)6-4-11;/h3-6,10,12,16H,7-9,19H2,1-2H3,(H,20,22)(H,21,25)(H,23,24);1H/t12-,16+;/m0./s1. The molecule has 0 saturated heterocycles. The van der Waals surface area contributed by atoms with Crippen LogP contribution in [0.15, 0.2) is 24.3 Å². The van der Waals surface area contributed by atoms with Crippen molar-refractivity contribution < 1.29 is 19.5 Å². The van der Waals surface area contributed by atoms with Crippen molar-refractivity contribution in [2.24, 2.45) is 11.7 Å². The van der Waals surface area contributed by atoms with Gasteiger partial charge in [-0.05, 0) is 23.6 Å². The fraction of sp³-hybridized carbons (Fsp3) is 0.471. The van der Waals surface area contributed by atoms with Gasteiger partial charge in [0.05, 0.1) is 6.04 Å². The maximum absolute atomic E-state index is 12.0. The van der Waals surface area contributed by atoms with Crippen molar-refractivity contribution >= 4 is 41.8 Å². The van der Waals surface area contributed by atoms with Gasteiger partial charge in [-0.15, -0.1) is 12.4 Å². The molecule has 0 spiro atoms. The van der Waals surface area contributed by atoms with Crippen LogP contribution in [-0.4, -0.2) is 42.0 Å². The molecular formula is C17H25Cl2N3O4. The fourth-order valence-corrected chi connectivity index (χ4v) is 2.28. The second-order valence-corrected chi connectivity index (χ2v) is 6.57. The van der Waals surface area contributed by atoms with E-state index in [0.29, 0.717) is 5.02 Å². The predicted octanol–water partition coefficient (Wildman–Crippen LogP) is 1.54. The molecule has 26 heavy (non-hydrogen) atoms. The van der Waals surface area contributed by atoms with Crippen LogP contribution < -0.4 is 16.4 Å². The third-order valence-corrected chi connectivity index (χ3v) is 4.01. The highest BCUT2D eigenvalue weighted by molar-refractivity contribution is 6.30. The molecule has 1 rings (SSSR count). The van der Waals surface area contributed by atoms with Gasteiger partial charge in [-0.25, -0.2) is 0 Å². The highest BCUT2D eigenvalue weighted by atomic mass is 35.5. The minimum atomic E-state index is -1.12. The molecule has 1 aromatic rings. The van der Waals surface area contributed by atoms with Gasteiger partial charge in [-0.1, -0.05) is 37.6 Å². The lowest BCUT2D eigenvalue weighted by Gasteiger charge is -2.20. The third kappa shape index (κ3) is 8.51. The van der Waals surface area contributed by atoms with Gasteiger partial charge in [0, 0.05) is 23.9 Å². The number of benzene rings is 1. The summed E-state index contributed by atoms with van der Waals surface area (Å²) in [6.45, 7) is 3.46. The van der Waals surface area contributed by atoms with E-state index in [1.165, 1.54) is 0 Å². The number of carboxylic acid groups (broad SMARTS) is 1. The zero-order valence-corrected chi connectivity index (χ0v) is 16.3. The predicted molar refractivity (Wildman–Crippen MR) is 103 cm³/mol. The van der Waals surface area contributed by atoms with Crippen molar-refractivity contribution in [1.82, 2.24) is 10.6 Å². The van der Waals surface area contributed by atoms with Gasteiger partial charge in [0.1, 0.15) is 6.54 Å². The smallest absolute Gasteiger partial charge is 0.322 e. The second kappa shape index (κ2) is 11.7. The molecule has 0 aliphatic heterocycles. The molecule has 2 atom stereocenters. The Bertz CT molecular complexity index is 609. The molecule has 0 bridgehead atoms. The van der Waals surface area contributed by atoms with E-state index in [0.717, 1.165) is 5.56 Å². The molecular weight excluding hydrogens is 381 g/mol. The van der Waals surface area contributed by atoms with Crippen LogP contribution in [0, 0.1) is 5.92 Å². The Hall–Kier alpha value is -1.83. The van der Waals surface area contributed by atoms with Crippen LogP contribution in [0.4, 0.5) is 0 Å². The van der Waals surface area contributed by atoms with E-state index in [1.54, 1.807) is 24.3 Å². The number of nitrogens with two attached hydrogens (primary N) is 1. The Morgan fingerprint density at radius 3 is 2.23 bits per heavy atom. The zero-order valence-electron chi connectivity index (χ0n) is 14.7. The van der Waals surface area contributed by atoms with Crippen molar-refractivity contribution in [2.75, 3.05) is 13.1 Å². The molecule has 0 aliphatic rings. The van der Waals surface area contributed by atoms with E-state index >= 15 is 0 Å². The summed E-state index contributed by atoms with van der Waals surface area (Å²) in [4.78, 5) is 34.5. The Balaban J connectivity index is 0.00000625. The first-order valence-corrected chi connectivity index (χ1v) is 8.35. The number of halogens is 2. The number of amides is 2. The SMILES string of the molecule is CC(C)[C@@H](N)C(=O)NC[C@H](CC(=O)NCC(=O)O)c1ccc(Cl)cc1.Cl. The largest absolute Gasteiger partial charge is 0.480 e. The zero-order chi connectivity index (χ0) is 19.0. The number of rotatable bonds is 9. The first kappa shape index (κ1) is 24.2. The molecule has 1 aromatic carbocycles. The Labute approximate surface area is 164 Å². The lowest BCUT2D eigenvalue weighted by Crippen LogP contribution is -2.45. The van der Waals surface area contributed by atoms with Gasteiger partial charge in [-0.2, -0.15) is 0 Å². The normalized spacial score (nSPS) is 12.7. The number of aliphatic carboxylic acids is 1. The van der Waals surface area contributed by atoms with Crippen LogP contribution in [0.5, 0.6) is 0 Å². The van der Waals surface area contributed by atoms with E-state index in [9.17, 15) is 14.4 Å². The minimum absolute atomic E-state index is 0. The summed E-state index contributed by atoms with van der Waals surface area (Å²) in [6.07, 6.45) is 0.0338. The van der Waals surface area contributed by atoms with Gasteiger partial charge >= 0.3 is 5.97 Å². The van der Waals surface area contributed by atoms with Gasteiger partial charge in [0.15, 0.2) is 0 Å². The molecule has 2 amide bonds. The molecule has 0 aromatic heterocycles.